The molecule has 4 aliphatic carbocycles. The molecule has 4 spiro atoms. The zero-order chi connectivity index (χ0) is 42.1. The summed E-state index contributed by atoms with van der Waals surface area (Å²) in [5.41, 5.74) is 3.05. The molecule has 334 valence electrons. The zero-order valence-electron chi connectivity index (χ0n) is 41.6. The van der Waals surface area contributed by atoms with Crippen LogP contribution in [0.15, 0.2) is 0 Å². The van der Waals surface area contributed by atoms with Crippen LogP contribution in [0.2, 0.25) is 0 Å². The Morgan fingerprint density at radius 1 is 0.298 bits per heavy atom. The molecule has 4 saturated carbocycles. The third-order valence-electron chi connectivity index (χ3n) is 18.4. The van der Waals surface area contributed by atoms with Gasteiger partial charge in [-0.05, 0) is 227 Å². The topological polar surface area (TPSA) is 13.0 Å². The standard InChI is InChI=1S/2C14H27N.C13H25N.C12H23N/c1-11(2)13-9-14(10-13)5-7-15(8-6-14)12(3)4;1-11(2)13-5-7-14(8-6-13)9-15(10-14)12(3)4;1-10(2)12-7-13(8-12)5-6-14(9-13)11(3)4;1-9(2)11-5-12(6-11)7-13(8-12)10(3)4/h2*11-13H,5-10H2,1-4H3;10-12H,5-9H2,1-4H3;9-11H,5-8H2,1-4H3. The van der Waals surface area contributed by atoms with Crippen molar-refractivity contribution < 1.29 is 0 Å². The first-order valence-electron chi connectivity index (χ1n) is 25.6. The Morgan fingerprint density at radius 3 is 0.947 bits per heavy atom. The lowest BCUT2D eigenvalue weighted by Crippen LogP contribution is -2.64. The highest BCUT2D eigenvalue weighted by Crippen LogP contribution is 2.56. The molecule has 0 aromatic carbocycles. The number of hydrogen-bond acceptors (Lipinski definition) is 4. The summed E-state index contributed by atoms with van der Waals surface area (Å²) >= 11 is 0. The van der Waals surface area contributed by atoms with Crippen molar-refractivity contribution in [2.45, 2.75) is 218 Å². The number of rotatable bonds is 8. The average molecular weight is 795 g/mol. The van der Waals surface area contributed by atoms with Crippen LogP contribution < -0.4 is 0 Å². The number of piperidine rings is 1. The molecule has 0 atom stereocenters. The van der Waals surface area contributed by atoms with Crippen LogP contribution >= 0.6 is 0 Å². The van der Waals surface area contributed by atoms with Crippen molar-refractivity contribution in [2.24, 2.45) is 69.0 Å². The Labute approximate surface area is 358 Å². The predicted molar refractivity (Wildman–Crippen MR) is 250 cm³/mol. The lowest BCUT2D eigenvalue weighted by Gasteiger charge is -2.61. The summed E-state index contributed by atoms with van der Waals surface area (Å²) < 4.78 is 0. The van der Waals surface area contributed by atoms with Gasteiger partial charge in [-0.15, -0.1) is 0 Å². The van der Waals surface area contributed by atoms with Crippen LogP contribution in [0.3, 0.4) is 0 Å². The van der Waals surface area contributed by atoms with E-state index in [9.17, 15) is 0 Å². The fourth-order valence-electron chi connectivity index (χ4n) is 13.1. The van der Waals surface area contributed by atoms with Crippen LogP contribution in [0.25, 0.3) is 0 Å². The molecule has 4 nitrogen and oxygen atoms in total. The number of hydrogen-bond donors (Lipinski definition) is 0. The minimum Gasteiger partial charge on any atom is -0.301 e. The largest absolute Gasteiger partial charge is 0.301 e. The van der Waals surface area contributed by atoms with Crippen LogP contribution in [-0.2, 0) is 0 Å². The van der Waals surface area contributed by atoms with E-state index in [2.05, 4.69) is 130 Å². The summed E-state index contributed by atoms with van der Waals surface area (Å²) in [4.78, 5) is 10.6. The van der Waals surface area contributed by atoms with Crippen molar-refractivity contribution in [1.29, 1.82) is 0 Å². The fraction of sp³-hybridized carbons (Fsp3) is 1.00. The van der Waals surface area contributed by atoms with E-state index in [0.29, 0.717) is 0 Å². The predicted octanol–water partition coefficient (Wildman–Crippen LogP) is 13.0. The van der Waals surface area contributed by atoms with Crippen molar-refractivity contribution >= 4 is 0 Å². The molecule has 0 unspecified atom stereocenters. The Morgan fingerprint density at radius 2 is 0.596 bits per heavy atom. The fourth-order valence-corrected chi connectivity index (χ4v) is 13.1. The van der Waals surface area contributed by atoms with Gasteiger partial charge in [-0.2, -0.15) is 0 Å². The average Bonchev–Trinajstić information content (AvgIpc) is 3.51. The number of nitrogens with zero attached hydrogens (tertiary/aromatic N) is 4. The van der Waals surface area contributed by atoms with Crippen molar-refractivity contribution in [1.82, 2.24) is 19.6 Å². The first-order chi connectivity index (χ1) is 26.6. The molecule has 0 bridgehead atoms. The van der Waals surface area contributed by atoms with Gasteiger partial charge in [0.1, 0.15) is 0 Å². The van der Waals surface area contributed by atoms with Gasteiger partial charge in [0.2, 0.25) is 0 Å². The maximum Gasteiger partial charge on any atom is 0.00534 e. The first-order valence-corrected chi connectivity index (χ1v) is 25.6. The summed E-state index contributed by atoms with van der Waals surface area (Å²) in [7, 11) is 0. The quantitative estimate of drug-likeness (QED) is 0.243. The molecule has 8 aliphatic rings. The van der Waals surface area contributed by atoms with Gasteiger partial charge in [0, 0.05) is 56.9 Å². The molecule has 4 heteroatoms. The van der Waals surface area contributed by atoms with Crippen molar-refractivity contribution in [2.75, 3.05) is 52.4 Å². The van der Waals surface area contributed by atoms with E-state index in [1.165, 1.54) is 136 Å². The maximum absolute atomic E-state index is 2.66. The summed E-state index contributed by atoms with van der Waals surface area (Å²) in [6, 6.07) is 3.04. The van der Waals surface area contributed by atoms with Gasteiger partial charge in [0.05, 0.1) is 0 Å². The van der Waals surface area contributed by atoms with Crippen LogP contribution in [0, 0.1) is 69.0 Å². The third kappa shape index (κ3) is 11.9. The zero-order valence-corrected chi connectivity index (χ0v) is 41.6. The highest BCUT2D eigenvalue weighted by Gasteiger charge is 2.53. The van der Waals surface area contributed by atoms with E-state index in [0.717, 1.165) is 93.2 Å². The van der Waals surface area contributed by atoms with E-state index in [1.54, 1.807) is 0 Å². The summed E-state index contributed by atoms with van der Waals surface area (Å²) in [6.45, 7) is 48.6. The summed E-state index contributed by atoms with van der Waals surface area (Å²) in [6.07, 6.45) is 19.5. The van der Waals surface area contributed by atoms with Gasteiger partial charge in [0.25, 0.3) is 0 Å². The smallest absolute Gasteiger partial charge is 0.00534 e. The molecule has 4 heterocycles. The first kappa shape index (κ1) is 47.9. The minimum atomic E-state index is 0.746. The van der Waals surface area contributed by atoms with Crippen LogP contribution in [0.5, 0.6) is 0 Å². The Kier molecular flexibility index (Phi) is 16.4. The molecule has 4 saturated heterocycles. The van der Waals surface area contributed by atoms with Crippen molar-refractivity contribution in [3.05, 3.63) is 0 Å². The van der Waals surface area contributed by atoms with Gasteiger partial charge in [-0.25, -0.2) is 0 Å². The second kappa shape index (κ2) is 19.5. The van der Waals surface area contributed by atoms with Crippen molar-refractivity contribution in [3.8, 4) is 0 Å². The highest BCUT2D eigenvalue weighted by molar-refractivity contribution is 5.06. The Balaban J connectivity index is 0.000000145. The lowest BCUT2D eigenvalue weighted by atomic mass is 9.55. The maximum atomic E-state index is 2.66. The van der Waals surface area contributed by atoms with E-state index in [4.69, 9.17) is 0 Å². The molecule has 4 aliphatic heterocycles. The minimum absolute atomic E-state index is 0.746. The molecule has 0 amide bonds. The van der Waals surface area contributed by atoms with Crippen LogP contribution in [0.4, 0.5) is 0 Å². The van der Waals surface area contributed by atoms with E-state index in [-0.39, 0.29) is 0 Å². The second-order valence-corrected chi connectivity index (χ2v) is 25.3. The Bertz CT molecular complexity index is 1090. The molecule has 0 radical (unpaired) electrons. The van der Waals surface area contributed by atoms with E-state index in [1.807, 2.05) is 0 Å². The summed E-state index contributed by atoms with van der Waals surface area (Å²) in [5, 5.41) is 0. The second-order valence-electron chi connectivity index (χ2n) is 25.3. The highest BCUT2D eigenvalue weighted by atomic mass is 15.2. The van der Waals surface area contributed by atoms with Gasteiger partial charge in [-0.1, -0.05) is 55.4 Å². The molecule has 0 aromatic heterocycles. The monoisotopic (exact) mass is 795 g/mol. The van der Waals surface area contributed by atoms with Crippen LogP contribution in [-0.4, -0.2) is 96.1 Å². The summed E-state index contributed by atoms with van der Waals surface area (Å²) in [5.74, 6) is 7.77. The molecule has 8 rings (SSSR count). The molecule has 0 N–H and O–H groups in total. The van der Waals surface area contributed by atoms with Gasteiger partial charge < -0.3 is 9.80 Å². The molecule has 57 heavy (non-hydrogen) atoms. The molecule has 8 fully saturated rings. The van der Waals surface area contributed by atoms with E-state index >= 15 is 0 Å². The van der Waals surface area contributed by atoms with Gasteiger partial charge in [0.15, 0.2) is 0 Å². The SMILES string of the molecule is CC(C)C1CC2(C1)CN(C(C)C)C2.CC(C)C1CC2(CCN(C(C)C)C2)C1.CC(C)C1CC2(CCN(C(C)C)CC2)C1.CC(C)C1CCC2(CC1)CN(C(C)C)C2. The van der Waals surface area contributed by atoms with Crippen molar-refractivity contribution in [3.63, 3.8) is 0 Å². The van der Waals surface area contributed by atoms with Gasteiger partial charge in [-0.3, -0.25) is 9.80 Å². The molecular weight excluding hydrogens is 693 g/mol. The van der Waals surface area contributed by atoms with Gasteiger partial charge >= 0.3 is 0 Å². The lowest BCUT2D eigenvalue weighted by molar-refractivity contribution is -0.117. The normalized spacial score (nSPS) is 30.6. The third-order valence-corrected chi connectivity index (χ3v) is 18.4. The van der Waals surface area contributed by atoms with E-state index < -0.39 is 0 Å². The Hall–Kier alpha value is -0.160. The molecular formula is C53H102N4. The molecule has 0 aromatic rings. The van der Waals surface area contributed by atoms with Crippen LogP contribution in [0.1, 0.15) is 194 Å². The number of likely N-dealkylation sites (tertiary alicyclic amines) is 4.